The van der Waals surface area contributed by atoms with Crippen LogP contribution in [-0.2, 0) is 17.1 Å². The first kappa shape index (κ1) is 15.9. The van der Waals surface area contributed by atoms with Crippen LogP contribution in [0.25, 0.3) is 0 Å². The number of nitrogens with zero attached hydrogens (tertiary/aromatic N) is 1. The molecule has 0 aromatic rings. The molecule has 6 nitrogen and oxygen atoms in total. The van der Waals surface area contributed by atoms with Crippen molar-refractivity contribution in [3.8, 4) is 0 Å². The molecule has 0 heterocycles. The molecule has 0 radical (unpaired) electrons. The Morgan fingerprint density at radius 2 is 1.29 bits per heavy atom. The molecule has 0 rings (SSSR count). The monoisotopic (exact) mass is 157 g/mol. The van der Waals surface area contributed by atoms with E-state index in [-0.39, 0.29) is 17.1 Å². The molecular weight excluding hydrogens is 154 g/mol. The normalized spacial score (nSPS) is 4.29. The minimum atomic E-state index is -1.75. The Bertz CT molecular complexity index is 33.2. The zero-order chi connectivity index (χ0) is 5.58. The second-order valence-corrected chi connectivity index (χ2v) is 0.224. The van der Waals surface area contributed by atoms with Gasteiger partial charge >= 0.3 is 17.1 Å². The molecule has 0 spiro atoms. The molecule has 0 saturated heterocycles. The number of hydrazine groups is 1. The number of rotatable bonds is 0. The summed E-state index contributed by atoms with van der Waals surface area (Å²) < 4.78 is 0. The van der Waals surface area contributed by atoms with Gasteiger partial charge < -0.3 is 15.3 Å². The summed E-state index contributed by atoms with van der Waals surface area (Å²) in [6.07, 6.45) is 0. The predicted molar refractivity (Wildman–Crippen MR) is 18.7 cm³/mol. The molecule has 48 valence electrons. The number of hydrogen-bond donors (Lipinski definition) is 2. The maximum absolute atomic E-state index is 8.25. The van der Waals surface area contributed by atoms with Crippen molar-refractivity contribution in [3.05, 3.63) is 15.3 Å². The van der Waals surface area contributed by atoms with E-state index in [0.29, 0.717) is 0 Å². The summed E-state index contributed by atoms with van der Waals surface area (Å²) in [5, 5.41) is 14.8. The molecule has 0 aliphatic heterocycles. The van der Waals surface area contributed by atoms with Crippen LogP contribution >= 0.6 is 0 Å². The summed E-state index contributed by atoms with van der Waals surface area (Å²) >= 11 is 0. The van der Waals surface area contributed by atoms with E-state index in [4.69, 9.17) is 15.3 Å². The first-order valence-electron chi connectivity index (χ1n) is 0.881. The summed E-state index contributed by atoms with van der Waals surface area (Å²) in [4.78, 5) is 8.25. The van der Waals surface area contributed by atoms with Crippen molar-refractivity contribution >= 4 is 0 Å². The van der Waals surface area contributed by atoms with Gasteiger partial charge in [0.2, 0.25) is 0 Å². The Morgan fingerprint density at radius 3 is 1.29 bits per heavy atom. The minimum Gasteiger partial charge on any atom is -0.356 e. The first-order chi connectivity index (χ1) is 2.73. The van der Waals surface area contributed by atoms with Crippen LogP contribution in [0.5, 0.6) is 0 Å². The van der Waals surface area contributed by atoms with Crippen molar-refractivity contribution in [3.63, 3.8) is 0 Å². The van der Waals surface area contributed by atoms with Gasteiger partial charge in [-0.05, 0) is 0 Å². The fourth-order valence-corrected chi connectivity index (χ4v) is 0. The zero-order valence-electron chi connectivity index (χ0n) is 3.13. The topological polar surface area (TPSA) is 118 Å². The number of hydrogen-bond acceptors (Lipinski definition) is 5. The molecule has 0 bridgehead atoms. The van der Waals surface area contributed by atoms with Gasteiger partial charge in [0, 0.05) is 0 Å². The molecule has 4 N–H and O–H groups in total. The molecule has 0 aliphatic carbocycles. The van der Waals surface area contributed by atoms with Gasteiger partial charge in [-0.3, -0.25) is 11.7 Å². The molecule has 7 heteroatoms. The van der Waals surface area contributed by atoms with Crippen molar-refractivity contribution in [2.45, 2.75) is 0 Å². The average Bonchev–Trinajstić information content (AvgIpc) is 1.41. The van der Waals surface area contributed by atoms with Crippen LogP contribution in [0.4, 0.5) is 0 Å². The molecule has 0 aromatic heterocycles. The first-order valence-corrected chi connectivity index (χ1v) is 0.881. The number of nitrogens with two attached hydrogens (primary N) is 2. The molecule has 0 aromatic carbocycles. The van der Waals surface area contributed by atoms with Gasteiger partial charge in [0.1, 0.15) is 0 Å². The van der Waals surface area contributed by atoms with Gasteiger partial charge in [0.25, 0.3) is 0 Å². The molecule has 7 heavy (non-hydrogen) atoms. The van der Waals surface area contributed by atoms with Gasteiger partial charge in [-0.15, -0.1) is 0 Å². The summed E-state index contributed by atoms with van der Waals surface area (Å²) in [6, 6.07) is 0. The zero-order valence-corrected chi connectivity index (χ0v) is 4.07. The van der Waals surface area contributed by atoms with E-state index in [1.54, 1.807) is 0 Å². The third kappa shape index (κ3) is 575. The van der Waals surface area contributed by atoms with Crippen molar-refractivity contribution in [2.75, 3.05) is 0 Å². The Morgan fingerprint density at radius 1 is 1.29 bits per heavy atom. The van der Waals surface area contributed by atoms with Crippen molar-refractivity contribution in [2.24, 2.45) is 11.7 Å². The van der Waals surface area contributed by atoms with Crippen LogP contribution in [0.1, 0.15) is 0 Å². The van der Waals surface area contributed by atoms with E-state index in [1.807, 2.05) is 0 Å². The van der Waals surface area contributed by atoms with Crippen molar-refractivity contribution in [1.82, 2.24) is 0 Å². The fourth-order valence-electron chi connectivity index (χ4n) is 0. The van der Waals surface area contributed by atoms with E-state index >= 15 is 0 Å². The Labute approximate surface area is 50.0 Å². The van der Waals surface area contributed by atoms with E-state index in [9.17, 15) is 0 Å². The third-order valence-corrected chi connectivity index (χ3v) is 0. The fraction of sp³-hybridized carbons (Fsp3) is 0. The van der Waals surface area contributed by atoms with E-state index in [1.165, 1.54) is 0 Å². The van der Waals surface area contributed by atoms with E-state index in [2.05, 4.69) is 11.7 Å². The molecule has 0 aliphatic rings. The van der Waals surface area contributed by atoms with E-state index in [0.717, 1.165) is 0 Å². The molecule has 0 unspecified atom stereocenters. The summed E-state index contributed by atoms with van der Waals surface area (Å²) in [6.45, 7) is 0. The minimum absolute atomic E-state index is 0. The van der Waals surface area contributed by atoms with Crippen LogP contribution in [0.3, 0.4) is 0 Å². The summed E-state index contributed by atoms with van der Waals surface area (Å²) in [5.41, 5.74) is 0. The third-order valence-electron chi connectivity index (χ3n) is 0. The van der Waals surface area contributed by atoms with Gasteiger partial charge in [-0.2, -0.15) is 0 Å². The van der Waals surface area contributed by atoms with Crippen molar-refractivity contribution in [1.29, 1.82) is 0 Å². The van der Waals surface area contributed by atoms with Gasteiger partial charge in [0.15, 0.2) is 0 Å². The quantitative estimate of drug-likeness (QED) is 0.194. The standard InChI is InChI=1S/Cu.H4N2.NO3/c;1-2;2-1(3)4/h;1-2H2;/q+1;;-1. The predicted octanol–water partition coefficient (Wildman–Crippen LogP) is -1.42. The van der Waals surface area contributed by atoms with Crippen LogP contribution < -0.4 is 11.7 Å². The maximum atomic E-state index is 8.25. The maximum Gasteiger partial charge on any atom is 1.00 e. The summed E-state index contributed by atoms with van der Waals surface area (Å²) in [5.74, 6) is 8.00. The molecule has 0 atom stereocenters. The van der Waals surface area contributed by atoms with Crippen LogP contribution in [-0.4, -0.2) is 5.09 Å². The average molecular weight is 158 g/mol. The van der Waals surface area contributed by atoms with Crippen LogP contribution in [0, 0.1) is 15.3 Å². The smallest absolute Gasteiger partial charge is 0.356 e. The van der Waals surface area contributed by atoms with Gasteiger partial charge in [-0.1, -0.05) is 0 Å². The Balaban J connectivity index is -0.0000000480. The van der Waals surface area contributed by atoms with Crippen molar-refractivity contribution < 1.29 is 22.2 Å². The molecular formula is H4CuN3O3. The molecule has 0 fully saturated rings. The second-order valence-electron chi connectivity index (χ2n) is 0.224. The van der Waals surface area contributed by atoms with Crippen LogP contribution in [0.15, 0.2) is 0 Å². The summed E-state index contributed by atoms with van der Waals surface area (Å²) in [7, 11) is 0. The Hall–Kier alpha value is -0.361. The van der Waals surface area contributed by atoms with Gasteiger partial charge in [0.05, 0.1) is 5.09 Å². The Kier molecular flexibility index (Phi) is 39.7. The molecule has 0 amide bonds. The molecule has 0 saturated carbocycles. The SMILES string of the molecule is NN.O=[N+]([O-])[O-].[Cu+]. The van der Waals surface area contributed by atoms with E-state index < -0.39 is 5.09 Å². The second kappa shape index (κ2) is 17.4. The van der Waals surface area contributed by atoms with Crippen LogP contribution in [0.2, 0.25) is 0 Å². The van der Waals surface area contributed by atoms with Gasteiger partial charge in [-0.25, -0.2) is 0 Å². The largest absolute Gasteiger partial charge is 1.00 e.